The minimum absolute atomic E-state index is 0.332. The summed E-state index contributed by atoms with van der Waals surface area (Å²) in [4.78, 5) is 12.0. The van der Waals surface area contributed by atoms with Gasteiger partial charge in [-0.1, -0.05) is 0 Å². The zero-order valence-electron chi connectivity index (χ0n) is 12.3. The van der Waals surface area contributed by atoms with Crippen LogP contribution in [-0.4, -0.2) is 36.1 Å². The number of rotatable bonds is 5. The van der Waals surface area contributed by atoms with Gasteiger partial charge in [0.2, 0.25) is 0 Å². The van der Waals surface area contributed by atoms with Crippen LogP contribution in [-0.2, 0) is 7.05 Å². The van der Waals surface area contributed by atoms with Crippen LogP contribution in [0.25, 0.3) is 0 Å². The molecule has 1 aromatic heterocycles. The standard InChI is InChI=1S/C14H15IN4O3/c1-19-11(7-13(15)18-19)14(20)17-16-8-9-4-5-10(21-2)6-12(9)22-3/h4-8H,1-3H3,(H,17,20). The van der Waals surface area contributed by atoms with Crippen molar-refractivity contribution in [3.8, 4) is 11.5 Å². The average Bonchev–Trinajstić information content (AvgIpc) is 2.86. The molecule has 7 nitrogen and oxygen atoms in total. The number of carbonyl (C=O) groups excluding carboxylic acids is 1. The molecule has 0 aliphatic rings. The van der Waals surface area contributed by atoms with Crippen LogP contribution < -0.4 is 14.9 Å². The topological polar surface area (TPSA) is 77.7 Å². The Morgan fingerprint density at radius 2 is 2.14 bits per heavy atom. The van der Waals surface area contributed by atoms with E-state index >= 15 is 0 Å². The minimum atomic E-state index is -0.332. The molecule has 1 N–H and O–H groups in total. The van der Waals surface area contributed by atoms with Crippen LogP contribution in [0.3, 0.4) is 0 Å². The maximum absolute atomic E-state index is 12.0. The van der Waals surface area contributed by atoms with Crippen molar-refractivity contribution in [1.82, 2.24) is 15.2 Å². The SMILES string of the molecule is COc1ccc(C=NNC(=O)c2cc(I)nn2C)c(OC)c1. The highest BCUT2D eigenvalue weighted by atomic mass is 127. The molecular formula is C14H15IN4O3. The van der Waals surface area contributed by atoms with Gasteiger partial charge in [0.05, 0.1) is 20.4 Å². The van der Waals surface area contributed by atoms with Gasteiger partial charge in [0, 0.05) is 24.7 Å². The monoisotopic (exact) mass is 414 g/mol. The molecule has 0 atom stereocenters. The predicted molar refractivity (Wildman–Crippen MR) is 90.5 cm³/mol. The molecule has 0 spiro atoms. The predicted octanol–water partition coefficient (Wildman–Crippen LogP) is 1.81. The van der Waals surface area contributed by atoms with E-state index in [2.05, 4.69) is 15.6 Å². The highest BCUT2D eigenvalue weighted by Crippen LogP contribution is 2.22. The Bertz CT molecular complexity index is 712. The summed E-state index contributed by atoms with van der Waals surface area (Å²) in [7, 11) is 4.84. The Morgan fingerprint density at radius 1 is 1.36 bits per heavy atom. The molecule has 22 heavy (non-hydrogen) atoms. The number of aromatic nitrogens is 2. The molecule has 0 saturated heterocycles. The summed E-state index contributed by atoms with van der Waals surface area (Å²) in [5.41, 5.74) is 3.62. The summed E-state index contributed by atoms with van der Waals surface area (Å²) < 4.78 is 12.6. The first-order valence-electron chi connectivity index (χ1n) is 6.30. The first-order chi connectivity index (χ1) is 10.5. The fraction of sp³-hybridized carbons (Fsp3) is 0.214. The summed E-state index contributed by atoms with van der Waals surface area (Å²) in [5.74, 6) is 0.955. The quantitative estimate of drug-likeness (QED) is 0.460. The first-order valence-corrected chi connectivity index (χ1v) is 7.38. The molecule has 0 fully saturated rings. The van der Waals surface area contributed by atoms with Crippen LogP contribution in [0.15, 0.2) is 29.4 Å². The van der Waals surface area contributed by atoms with E-state index in [1.165, 1.54) is 10.9 Å². The smallest absolute Gasteiger partial charge is 0.289 e. The van der Waals surface area contributed by atoms with Gasteiger partial charge in [-0.05, 0) is 34.7 Å². The Morgan fingerprint density at radius 3 is 2.73 bits per heavy atom. The molecule has 2 rings (SSSR count). The largest absolute Gasteiger partial charge is 0.497 e. The summed E-state index contributed by atoms with van der Waals surface area (Å²) in [6, 6.07) is 7.00. The molecule has 0 radical (unpaired) electrons. The Labute approximate surface area is 141 Å². The molecule has 0 aliphatic heterocycles. The Kier molecular flexibility index (Phi) is 5.36. The fourth-order valence-electron chi connectivity index (χ4n) is 1.79. The number of hydrogen-bond donors (Lipinski definition) is 1. The van der Waals surface area contributed by atoms with Gasteiger partial charge in [-0.3, -0.25) is 9.48 Å². The third-order valence-electron chi connectivity index (χ3n) is 2.89. The van der Waals surface area contributed by atoms with Crippen molar-refractivity contribution in [3.63, 3.8) is 0 Å². The lowest BCUT2D eigenvalue weighted by Gasteiger charge is -2.06. The third-order valence-corrected chi connectivity index (χ3v) is 3.42. The molecular weight excluding hydrogens is 399 g/mol. The lowest BCUT2D eigenvalue weighted by atomic mass is 10.2. The highest BCUT2D eigenvalue weighted by Gasteiger charge is 2.11. The number of benzene rings is 1. The van der Waals surface area contributed by atoms with Gasteiger partial charge in [-0.2, -0.15) is 10.2 Å². The van der Waals surface area contributed by atoms with E-state index in [0.29, 0.717) is 17.2 Å². The number of methoxy groups -OCH3 is 2. The second-order valence-corrected chi connectivity index (χ2v) is 5.39. The van der Waals surface area contributed by atoms with Crippen molar-refractivity contribution in [1.29, 1.82) is 0 Å². The second kappa shape index (κ2) is 7.25. The number of ether oxygens (including phenoxy) is 2. The molecule has 8 heteroatoms. The maximum atomic E-state index is 12.0. The number of nitrogens with zero attached hydrogens (tertiary/aromatic N) is 3. The van der Waals surface area contributed by atoms with Crippen molar-refractivity contribution < 1.29 is 14.3 Å². The lowest BCUT2D eigenvalue weighted by molar-refractivity contribution is 0.0945. The number of halogens is 1. The summed E-state index contributed by atoms with van der Waals surface area (Å²) >= 11 is 2.04. The fourth-order valence-corrected chi connectivity index (χ4v) is 2.41. The van der Waals surface area contributed by atoms with Crippen molar-refractivity contribution in [2.45, 2.75) is 0 Å². The maximum Gasteiger partial charge on any atom is 0.289 e. The van der Waals surface area contributed by atoms with Crippen molar-refractivity contribution in [2.75, 3.05) is 14.2 Å². The molecule has 1 heterocycles. The Balaban J connectivity index is 2.09. The van der Waals surface area contributed by atoms with Gasteiger partial charge >= 0.3 is 0 Å². The molecule has 1 aromatic carbocycles. The van der Waals surface area contributed by atoms with Crippen LogP contribution in [0.5, 0.6) is 11.5 Å². The summed E-state index contributed by atoms with van der Waals surface area (Å²) in [6.45, 7) is 0. The summed E-state index contributed by atoms with van der Waals surface area (Å²) in [5, 5.41) is 8.05. The van der Waals surface area contributed by atoms with Gasteiger partial charge in [0.1, 0.15) is 20.9 Å². The normalized spacial score (nSPS) is 10.7. The van der Waals surface area contributed by atoms with E-state index in [4.69, 9.17) is 9.47 Å². The number of aryl methyl sites for hydroxylation is 1. The lowest BCUT2D eigenvalue weighted by Crippen LogP contribution is -2.20. The molecule has 116 valence electrons. The average molecular weight is 414 g/mol. The van der Waals surface area contributed by atoms with E-state index < -0.39 is 0 Å². The number of amides is 1. The van der Waals surface area contributed by atoms with Gasteiger partial charge in [-0.15, -0.1) is 0 Å². The van der Waals surface area contributed by atoms with E-state index in [1.54, 1.807) is 45.5 Å². The zero-order chi connectivity index (χ0) is 16.1. The third kappa shape index (κ3) is 3.75. The van der Waals surface area contributed by atoms with Gasteiger partial charge in [0.15, 0.2) is 0 Å². The molecule has 0 saturated carbocycles. The number of nitrogens with one attached hydrogen (secondary N) is 1. The van der Waals surface area contributed by atoms with E-state index in [-0.39, 0.29) is 5.91 Å². The molecule has 0 aliphatic carbocycles. The van der Waals surface area contributed by atoms with Crippen LogP contribution in [0.4, 0.5) is 0 Å². The second-order valence-electron chi connectivity index (χ2n) is 4.28. The molecule has 0 bridgehead atoms. The number of hydrazone groups is 1. The van der Waals surface area contributed by atoms with Gasteiger partial charge in [-0.25, -0.2) is 5.43 Å². The van der Waals surface area contributed by atoms with Crippen LogP contribution in [0.2, 0.25) is 0 Å². The molecule has 0 unspecified atom stereocenters. The van der Waals surface area contributed by atoms with Crippen LogP contribution in [0.1, 0.15) is 16.1 Å². The van der Waals surface area contributed by atoms with E-state index in [1.807, 2.05) is 22.6 Å². The first kappa shape index (κ1) is 16.3. The van der Waals surface area contributed by atoms with Crippen LogP contribution >= 0.6 is 22.6 Å². The molecule has 1 amide bonds. The number of carbonyl (C=O) groups is 1. The summed E-state index contributed by atoms with van der Waals surface area (Å²) in [6.07, 6.45) is 1.51. The van der Waals surface area contributed by atoms with Gasteiger partial charge in [0.25, 0.3) is 5.91 Å². The van der Waals surface area contributed by atoms with E-state index in [9.17, 15) is 4.79 Å². The molecule has 2 aromatic rings. The highest BCUT2D eigenvalue weighted by molar-refractivity contribution is 14.1. The number of hydrogen-bond acceptors (Lipinski definition) is 5. The zero-order valence-corrected chi connectivity index (χ0v) is 14.5. The van der Waals surface area contributed by atoms with Crippen molar-refractivity contribution >= 4 is 34.7 Å². The van der Waals surface area contributed by atoms with Crippen molar-refractivity contribution in [2.24, 2.45) is 12.1 Å². The van der Waals surface area contributed by atoms with Crippen molar-refractivity contribution in [3.05, 3.63) is 39.2 Å². The minimum Gasteiger partial charge on any atom is -0.497 e. The van der Waals surface area contributed by atoms with Gasteiger partial charge < -0.3 is 9.47 Å². The Hall–Kier alpha value is -2.10. The van der Waals surface area contributed by atoms with E-state index in [0.717, 1.165) is 9.26 Å². The van der Waals surface area contributed by atoms with Crippen LogP contribution in [0, 0.1) is 3.70 Å².